The number of fused-ring (bicyclic) bond motifs is 1. The molecular formula is C20H23NO4S. The number of carbonyl (C=O) groups is 1. The van der Waals surface area contributed by atoms with Gasteiger partial charge in [0.2, 0.25) is 5.91 Å². The summed E-state index contributed by atoms with van der Waals surface area (Å²) in [5.74, 6) is 0.771. The number of rotatable bonds is 5. The normalized spacial score (nSPS) is 16.2. The van der Waals surface area contributed by atoms with Crippen LogP contribution in [0, 0.1) is 5.92 Å². The first kappa shape index (κ1) is 18.5. The lowest BCUT2D eigenvalue weighted by atomic mass is 10.0. The van der Waals surface area contributed by atoms with Gasteiger partial charge in [0.1, 0.15) is 11.9 Å². The molecule has 2 aromatic rings. The predicted molar refractivity (Wildman–Crippen MR) is 101 cm³/mol. The van der Waals surface area contributed by atoms with Crippen LogP contribution in [-0.4, -0.2) is 33.2 Å². The van der Waals surface area contributed by atoms with Gasteiger partial charge < -0.3 is 10.1 Å². The molecule has 0 spiro atoms. The summed E-state index contributed by atoms with van der Waals surface area (Å²) in [5.41, 5.74) is 2.93. The van der Waals surface area contributed by atoms with E-state index in [0.29, 0.717) is 11.4 Å². The van der Waals surface area contributed by atoms with Crippen molar-refractivity contribution in [3.63, 3.8) is 0 Å². The van der Waals surface area contributed by atoms with Gasteiger partial charge in [-0.1, -0.05) is 44.2 Å². The summed E-state index contributed by atoms with van der Waals surface area (Å²) in [7, 11) is -3.22. The Morgan fingerprint density at radius 1 is 1.19 bits per heavy atom. The van der Waals surface area contributed by atoms with Gasteiger partial charge in [-0.05, 0) is 23.3 Å². The summed E-state index contributed by atoms with van der Waals surface area (Å²) >= 11 is 0. The highest BCUT2D eigenvalue weighted by atomic mass is 32.2. The number of ether oxygens (including phenoxy) is 1. The molecule has 0 unspecified atom stereocenters. The summed E-state index contributed by atoms with van der Waals surface area (Å²) in [4.78, 5) is 12.1. The highest BCUT2D eigenvalue weighted by molar-refractivity contribution is 7.90. The second-order valence-electron chi connectivity index (χ2n) is 6.93. The average molecular weight is 373 g/mol. The van der Waals surface area contributed by atoms with Crippen molar-refractivity contribution in [1.29, 1.82) is 0 Å². The van der Waals surface area contributed by atoms with E-state index in [0.717, 1.165) is 28.9 Å². The Morgan fingerprint density at radius 2 is 1.88 bits per heavy atom. The fourth-order valence-electron chi connectivity index (χ4n) is 2.98. The van der Waals surface area contributed by atoms with Crippen molar-refractivity contribution >= 4 is 15.7 Å². The van der Waals surface area contributed by atoms with Crippen molar-refractivity contribution < 1.29 is 17.9 Å². The van der Waals surface area contributed by atoms with E-state index in [9.17, 15) is 13.2 Å². The van der Waals surface area contributed by atoms with E-state index >= 15 is 0 Å². The molecule has 26 heavy (non-hydrogen) atoms. The van der Waals surface area contributed by atoms with Crippen molar-refractivity contribution in [2.24, 2.45) is 5.92 Å². The van der Waals surface area contributed by atoms with Crippen LogP contribution in [0.3, 0.4) is 0 Å². The fourth-order valence-corrected chi connectivity index (χ4v) is 3.61. The first-order valence-corrected chi connectivity index (χ1v) is 10.5. The monoisotopic (exact) mass is 373 g/mol. The van der Waals surface area contributed by atoms with E-state index in [1.807, 2.05) is 32.0 Å². The maximum atomic E-state index is 11.8. The Labute approximate surface area is 154 Å². The minimum atomic E-state index is -3.22. The number of carbonyl (C=O) groups excluding carboxylic acids is 1. The first-order valence-electron chi connectivity index (χ1n) is 8.62. The van der Waals surface area contributed by atoms with Gasteiger partial charge in [0, 0.05) is 24.2 Å². The van der Waals surface area contributed by atoms with Gasteiger partial charge in [-0.15, -0.1) is 0 Å². The van der Waals surface area contributed by atoms with Crippen LogP contribution in [0.5, 0.6) is 5.75 Å². The molecular weight excluding hydrogens is 350 g/mol. The van der Waals surface area contributed by atoms with Gasteiger partial charge in [-0.25, -0.2) is 8.42 Å². The molecule has 0 aliphatic carbocycles. The number of benzene rings is 2. The van der Waals surface area contributed by atoms with Crippen LogP contribution < -0.4 is 10.1 Å². The van der Waals surface area contributed by atoms with Crippen molar-refractivity contribution in [3.8, 4) is 16.9 Å². The van der Waals surface area contributed by atoms with Gasteiger partial charge in [0.05, 0.1) is 11.4 Å². The molecule has 0 fully saturated rings. The van der Waals surface area contributed by atoms with Crippen LogP contribution in [0.15, 0.2) is 47.4 Å². The summed E-state index contributed by atoms with van der Waals surface area (Å²) in [5, 5.41) is 2.91. The molecule has 1 N–H and O–H groups in total. The third-order valence-corrected chi connectivity index (χ3v) is 5.58. The number of amides is 1. The molecule has 1 atom stereocenters. The third-order valence-electron chi connectivity index (χ3n) is 4.45. The van der Waals surface area contributed by atoms with E-state index in [1.165, 1.54) is 6.26 Å². The molecule has 0 bridgehead atoms. The molecule has 0 saturated carbocycles. The van der Waals surface area contributed by atoms with Gasteiger partial charge >= 0.3 is 0 Å². The summed E-state index contributed by atoms with van der Waals surface area (Å²) < 4.78 is 29.3. The van der Waals surface area contributed by atoms with Gasteiger partial charge in [-0.2, -0.15) is 0 Å². The van der Waals surface area contributed by atoms with Gasteiger partial charge in [0.25, 0.3) is 0 Å². The molecule has 0 aromatic heterocycles. The molecule has 1 heterocycles. The molecule has 2 aromatic carbocycles. The molecule has 1 aliphatic rings. The molecule has 0 radical (unpaired) electrons. The van der Waals surface area contributed by atoms with E-state index in [4.69, 9.17) is 4.74 Å². The largest absolute Gasteiger partial charge is 0.487 e. The highest BCUT2D eigenvalue weighted by Gasteiger charge is 2.26. The van der Waals surface area contributed by atoms with Crippen LogP contribution in [0.2, 0.25) is 0 Å². The number of hydrogen-bond acceptors (Lipinski definition) is 4. The summed E-state index contributed by atoms with van der Waals surface area (Å²) in [6.45, 7) is 4.19. The van der Waals surface area contributed by atoms with Crippen LogP contribution in [0.25, 0.3) is 11.1 Å². The smallest absolute Gasteiger partial charge is 0.222 e. The van der Waals surface area contributed by atoms with Crippen LogP contribution in [-0.2, 0) is 21.1 Å². The quantitative estimate of drug-likeness (QED) is 0.875. The van der Waals surface area contributed by atoms with Crippen molar-refractivity contribution in [2.45, 2.75) is 31.3 Å². The summed E-state index contributed by atoms with van der Waals surface area (Å²) in [6.07, 6.45) is 1.84. The fraction of sp³-hybridized carbons (Fsp3) is 0.350. The zero-order chi connectivity index (χ0) is 18.9. The summed E-state index contributed by atoms with van der Waals surface area (Å²) in [6, 6.07) is 12.8. The molecule has 6 heteroatoms. The minimum absolute atomic E-state index is 0.0149. The second kappa shape index (κ2) is 7.11. The van der Waals surface area contributed by atoms with E-state index in [2.05, 4.69) is 5.32 Å². The lowest BCUT2D eigenvalue weighted by Gasteiger charge is -2.14. The van der Waals surface area contributed by atoms with Crippen molar-refractivity contribution in [2.75, 3.05) is 12.8 Å². The molecule has 0 saturated heterocycles. The van der Waals surface area contributed by atoms with Crippen molar-refractivity contribution in [3.05, 3.63) is 48.0 Å². The molecule has 1 amide bonds. The van der Waals surface area contributed by atoms with Crippen LogP contribution in [0.4, 0.5) is 0 Å². The Bertz CT molecular complexity index is 917. The number of sulfone groups is 1. The number of hydrogen-bond donors (Lipinski definition) is 1. The van der Waals surface area contributed by atoms with Crippen LogP contribution >= 0.6 is 0 Å². The number of nitrogens with one attached hydrogen (secondary N) is 1. The predicted octanol–water partition coefficient (Wildman–Crippen LogP) is 2.83. The Hall–Kier alpha value is -2.34. The van der Waals surface area contributed by atoms with Crippen LogP contribution in [0.1, 0.15) is 19.4 Å². The SMILES string of the molecule is CC(C)C(=O)NC[C@@H]1Cc2cccc(-c3ccc(S(C)(=O)=O)cc3)c2O1. The second-order valence-corrected chi connectivity index (χ2v) is 8.95. The van der Waals surface area contributed by atoms with Gasteiger partial charge in [0.15, 0.2) is 9.84 Å². The minimum Gasteiger partial charge on any atom is -0.487 e. The molecule has 3 rings (SSSR count). The Balaban J connectivity index is 1.80. The maximum absolute atomic E-state index is 11.8. The standard InChI is InChI=1S/C20H23NO4S/c1-13(2)20(22)21-12-16-11-15-5-4-6-18(19(15)25-16)14-7-9-17(10-8-14)26(3,23)24/h4-10,13,16H,11-12H2,1-3H3,(H,21,22)/t16-/m0/s1. The zero-order valence-electron chi connectivity index (χ0n) is 15.2. The molecule has 1 aliphatic heterocycles. The third kappa shape index (κ3) is 3.90. The first-order chi connectivity index (χ1) is 12.3. The lowest BCUT2D eigenvalue weighted by Crippen LogP contribution is -2.36. The molecule has 5 nitrogen and oxygen atoms in total. The topological polar surface area (TPSA) is 72.5 Å². The van der Waals surface area contributed by atoms with E-state index in [-0.39, 0.29) is 17.9 Å². The highest BCUT2D eigenvalue weighted by Crippen LogP contribution is 2.38. The maximum Gasteiger partial charge on any atom is 0.222 e. The van der Waals surface area contributed by atoms with Gasteiger partial charge in [-0.3, -0.25) is 4.79 Å². The Morgan fingerprint density at radius 3 is 2.50 bits per heavy atom. The zero-order valence-corrected chi connectivity index (χ0v) is 16.0. The average Bonchev–Trinajstić information content (AvgIpc) is 3.01. The van der Waals surface area contributed by atoms with E-state index in [1.54, 1.807) is 24.3 Å². The lowest BCUT2D eigenvalue weighted by molar-refractivity contribution is -0.124. The number of para-hydroxylation sites is 1. The Kier molecular flexibility index (Phi) is 5.05. The molecule has 138 valence electrons. The van der Waals surface area contributed by atoms with Crippen molar-refractivity contribution in [1.82, 2.24) is 5.32 Å². The van der Waals surface area contributed by atoms with E-state index < -0.39 is 9.84 Å².